The van der Waals surface area contributed by atoms with Crippen molar-refractivity contribution in [1.82, 2.24) is 19.8 Å². The van der Waals surface area contributed by atoms with Gasteiger partial charge < -0.3 is 14.7 Å². The first-order valence-corrected chi connectivity index (χ1v) is 8.77. The van der Waals surface area contributed by atoms with Gasteiger partial charge in [0.15, 0.2) is 12.4 Å². The normalized spacial score (nSPS) is 16.2. The molecule has 26 heavy (non-hydrogen) atoms. The fraction of sp³-hybridized carbons (Fsp3) is 0.421. The lowest BCUT2D eigenvalue weighted by molar-refractivity contribution is -0.139. The molecular formula is C19H24N4O3. The summed E-state index contributed by atoms with van der Waals surface area (Å²) < 4.78 is 5.51. The number of rotatable bonds is 6. The quantitative estimate of drug-likeness (QED) is 0.845. The molecule has 1 aromatic carbocycles. The van der Waals surface area contributed by atoms with Gasteiger partial charge in [0.2, 0.25) is 0 Å². The highest BCUT2D eigenvalue weighted by Crippen LogP contribution is 2.26. The molecule has 1 fully saturated rings. The van der Waals surface area contributed by atoms with Gasteiger partial charge in [-0.3, -0.25) is 4.90 Å². The van der Waals surface area contributed by atoms with E-state index >= 15 is 0 Å². The van der Waals surface area contributed by atoms with Crippen LogP contribution in [0.1, 0.15) is 12.0 Å². The van der Waals surface area contributed by atoms with Gasteiger partial charge in [-0.25, -0.2) is 14.8 Å². The predicted molar refractivity (Wildman–Crippen MR) is 98.0 cm³/mol. The van der Waals surface area contributed by atoms with Crippen LogP contribution in [0, 0.1) is 0 Å². The molecule has 0 spiro atoms. The van der Waals surface area contributed by atoms with E-state index in [4.69, 9.17) is 9.84 Å². The molecule has 0 unspecified atom stereocenters. The first-order chi connectivity index (χ1) is 12.6. The molecule has 0 amide bonds. The Kier molecular flexibility index (Phi) is 6.14. The molecule has 3 rings (SSSR count). The zero-order valence-electron chi connectivity index (χ0n) is 15.0. The number of benzene rings is 1. The second kappa shape index (κ2) is 8.73. The van der Waals surface area contributed by atoms with Gasteiger partial charge >= 0.3 is 5.97 Å². The Bertz CT molecular complexity index is 739. The summed E-state index contributed by atoms with van der Waals surface area (Å²) in [5.74, 6) is 0.265. The highest BCUT2D eigenvalue weighted by Gasteiger charge is 2.16. The minimum absolute atomic E-state index is 0.350. The van der Waals surface area contributed by atoms with Crippen molar-refractivity contribution >= 4 is 5.97 Å². The predicted octanol–water partition coefficient (Wildman–Crippen LogP) is 1.74. The SMILES string of the molecule is CN1CCCN(Cc2cc(-c3ncccn3)ccc2OCC(=O)O)CC1. The van der Waals surface area contributed by atoms with Crippen molar-refractivity contribution in [3.05, 3.63) is 42.2 Å². The lowest BCUT2D eigenvalue weighted by Crippen LogP contribution is -2.28. The molecular weight excluding hydrogens is 332 g/mol. The second-order valence-electron chi connectivity index (χ2n) is 6.51. The van der Waals surface area contributed by atoms with E-state index in [0.717, 1.165) is 43.7 Å². The van der Waals surface area contributed by atoms with Crippen molar-refractivity contribution in [2.24, 2.45) is 0 Å². The van der Waals surface area contributed by atoms with Crippen LogP contribution in [-0.2, 0) is 11.3 Å². The number of aromatic nitrogens is 2. The molecule has 1 saturated heterocycles. The number of carboxylic acid groups (broad SMARTS) is 1. The molecule has 0 saturated carbocycles. The third-order valence-corrected chi connectivity index (χ3v) is 4.44. The first kappa shape index (κ1) is 18.3. The number of ether oxygens (including phenoxy) is 1. The van der Waals surface area contributed by atoms with E-state index in [1.165, 1.54) is 0 Å². The van der Waals surface area contributed by atoms with E-state index in [1.807, 2.05) is 18.2 Å². The van der Waals surface area contributed by atoms with E-state index in [9.17, 15) is 4.79 Å². The third kappa shape index (κ3) is 5.00. The average molecular weight is 356 g/mol. The van der Waals surface area contributed by atoms with Crippen LogP contribution in [0.4, 0.5) is 0 Å². The zero-order chi connectivity index (χ0) is 18.4. The number of hydrogen-bond acceptors (Lipinski definition) is 6. The smallest absolute Gasteiger partial charge is 0.341 e. The van der Waals surface area contributed by atoms with Crippen LogP contribution in [0.25, 0.3) is 11.4 Å². The zero-order valence-corrected chi connectivity index (χ0v) is 15.0. The van der Waals surface area contributed by atoms with Gasteiger partial charge in [0, 0.05) is 43.2 Å². The van der Waals surface area contributed by atoms with Crippen molar-refractivity contribution in [1.29, 1.82) is 0 Å². The van der Waals surface area contributed by atoms with E-state index in [2.05, 4.69) is 26.8 Å². The van der Waals surface area contributed by atoms with Crippen LogP contribution in [0.5, 0.6) is 5.75 Å². The second-order valence-corrected chi connectivity index (χ2v) is 6.51. The molecule has 0 aliphatic carbocycles. The van der Waals surface area contributed by atoms with Gasteiger partial charge in [-0.05, 0) is 50.8 Å². The van der Waals surface area contributed by atoms with Crippen LogP contribution in [0.2, 0.25) is 0 Å². The number of carbonyl (C=O) groups is 1. The van der Waals surface area contributed by atoms with Gasteiger partial charge in [-0.15, -0.1) is 0 Å². The monoisotopic (exact) mass is 356 g/mol. The van der Waals surface area contributed by atoms with E-state index < -0.39 is 5.97 Å². The van der Waals surface area contributed by atoms with Crippen molar-refractivity contribution in [2.45, 2.75) is 13.0 Å². The Balaban J connectivity index is 1.84. The lowest BCUT2D eigenvalue weighted by Gasteiger charge is -2.22. The highest BCUT2D eigenvalue weighted by molar-refractivity contribution is 5.68. The van der Waals surface area contributed by atoms with Crippen LogP contribution in [-0.4, -0.2) is 70.7 Å². The number of aliphatic carboxylic acids is 1. The summed E-state index contributed by atoms with van der Waals surface area (Å²) in [5.41, 5.74) is 1.86. The van der Waals surface area contributed by atoms with Crippen LogP contribution < -0.4 is 4.74 Å². The van der Waals surface area contributed by atoms with Gasteiger partial charge in [-0.2, -0.15) is 0 Å². The summed E-state index contributed by atoms with van der Waals surface area (Å²) in [6.07, 6.45) is 4.53. The summed E-state index contributed by atoms with van der Waals surface area (Å²) >= 11 is 0. The minimum atomic E-state index is -0.984. The Morgan fingerprint density at radius 3 is 2.77 bits per heavy atom. The molecule has 7 heteroatoms. The van der Waals surface area contributed by atoms with E-state index in [1.54, 1.807) is 18.5 Å². The van der Waals surface area contributed by atoms with Crippen LogP contribution in [0.3, 0.4) is 0 Å². The summed E-state index contributed by atoms with van der Waals surface area (Å²) in [4.78, 5) is 24.2. The number of nitrogens with zero attached hydrogens (tertiary/aromatic N) is 4. The fourth-order valence-electron chi connectivity index (χ4n) is 3.07. The van der Waals surface area contributed by atoms with Crippen molar-refractivity contribution in [3.63, 3.8) is 0 Å². The fourth-order valence-corrected chi connectivity index (χ4v) is 3.07. The van der Waals surface area contributed by atoms with Gasteiger partial charge in [0.25, 0.3) is 0 Å². The molecule has 1 aliphatic rings. The van der Waals surface area contributed by atoms with Crippen LogP contribution in [0.15, 0.2) is 36.7 Å². The standard InChI is InChI=1S/C19H24N4O3/c1-22-8-3-9-23(11-10-22)13-16-12-15(19-20-6-2-7-21-19)4-5-17(16)26-14-18(24)25/h2,4-7,12H,3,8-11,13-14H2,1H3,(H,24,25). The molecule has 2 aromatic rings. The Labute approximate surface area is 153 Å². The maximum Gasteiger partial charge on any atom is 0.341 e. The van der Waals surface area contributed by atoms with Gasteiger partial charge in [0.05, 0.1) is 0 Å². The molecule has 0 atom stereocenters. The molecule has 0 bridgehead atoms. The average Bonchev–Trinajstić information content (AvgIpc) is 2.85. The summed E-state index contributed by atoms with van der Waals surface area (Å²) in [6.45, 7) is 4.46. The largest absolute Gasteiger partial charge is 0.482 e. The molecule has 1 aliphatic heterocycles. The Morgan fingerprint density at radius 1 is 1.19 bits per heavy atom. The summed E-state index contributed by atoms with van der Waals surface area (Å²) in [6, 6.07) is 7.46. The van der Waals surface area contributed by atoms with Gasteiger partial charge in [0.1, 0.15) is 5.75 Å². The topological polar surface area (TPSA) is 78.8 Å². The Morgan fingerprint density at radius 2 is 2.00 bits per heavy atom. The Hall–Kier alpha value is -2.51. The molecule has 138 valence electrons. The highest BCUT2D eigenvalue weighted by atomic mass is 16.5. The van der Waals surface area contributed by atoms with Gasteiger partial charge in [-0.1, -0.05) is 0 Å². The molecule has 7 nitrogen and oxygen atoms in total. The summed E-state index contributed by atoms with van der Waals surface area (Å²) in [7, 11) is 2.14. The number of hydrogen-bond donors (Lipinski definition) is 1. The maximum atomic E-state index is 10.9. The maximum absolute atomic E-state index is 10.9. The number of likely N-dealkylation sites (N-methyl/N-ethyl adjacent to an activating group) is 1. The molecule has 1 N–H and O–H groups in total. The van der Waals surface area contributed by atoms with Crippen molar-refractivity contribution in [2.75, 3.05) is 39.8 Å². The number of carboxylic acids is 1. The first-order valence-electron chi connectivity index (χ1n) is 8.77. The van der Waals surface area contributed by atoms with E-state index in [0.29, 0.717) is 18.1 Å². The third-order valence-electron chi connectivity index (χ3n) is 4.44. The van der Waals surface area contributed by atoms with Crippen molar-refractivity contribution < 1.29 is 14.6 Å². The lowest BCUT2D eigenvalue weighted by atomic mass is 10.1. The van der Waals surface area contributed by atoms with E-state index in [-0.39, 0.29) is 6.61 Å². The summed E-state index contributed by atoms with van der Waals surface area (Å²) in [5, 5.41) is 8.93. The van der Waals surface area contributed by atoms with Crippen LogP contribution >= 0.6 is 0 Å². The van der Waals surface area contributed by atoms with Crippen molar-refractivity contribution in [3.8, 4) is 17.1 Å². The molecule has 2 heterocycles. The molecule has 0 radical (unpaired) electrons. The minimum Gasteiger partial charge on any atom is -0.482 e. The molecule has 1 aromatic heterocycles.